The average Bonchev–Trinajstić information content (AvgIpc) is 3.21. The lowest BCUT2D eigenvalue weighted by atomic mass is 10.2. The van der Waals surface area contributed by atoms with Gasteiger partial charge in [-0.05, 0) is 36.2 Å². The second kappa shape index (κ2) is 8.25. The van der Waals surface area contributed by atoms with Crippen molar-refractivity contribution in [2.24, 2.45) is 0 Å². The number of nitrogens with zero attached hydrogens (tertiary/aromatic N) is 3. The number of fused-ring (bicyclic) bond motifs is 1. The minimum Gasteiger partial charge on any atom is -0.347 e. The molecule has 0 aliphatic carbocycles. The predicted octanol–water partition coefficient (Wildman–Crippen LogP) is 2.86. The first kappa shape index (κ1) is 20.1. The number of halogens is 1. The first-order valence-corrected chi connectivity index (χ1v) is 10.3. The van der Waals surface area contributed by atoms with E-state index in [9.17, 15) is 14.4 Å². The van der Waals surface area contributed by atoms with Crippen molar-refractivity contribution in [1.29, 1.82) is 0 Å². The third-order valence-corrected chi connectivity index (χ3v) is 6.11. The molecule has 3 heterocycles. The summed E-state index contributed by atoms with van der Waals surface area (Å²) < 4.78 is 2.52. The molecule has 0 saturated heterocycles. The summed E-state index contributed by atoms with van der Waals surface area (Å²) in [6.45, 7) is 2.10. The van der Waals surface area contributed by atoms with Gasteiger partial charge in [-0.15, -0.1) is 11.3 Å². The zero-order valence-corrected chi connectivity index (χ0v) is 17.5. The van der Waals surface area contributed by atoms with Crippen LogP contribution in [0.25, 0.3) is 4.83 Å². The number of amides is 1. The summed E-state index contributed by atoms with van der Waals surface area (Å²) in [5.41, 5.74) is 1.20. The van der Waals surface area contributed by atoms with Crippen LogP contribution in [0.3, 0.4) is 0 Å². The lowest BCUT2D eigenvalue weighted by Crippen LogP contribution is -2.38. The quantitative estimate of drug-likeness (QED) is 0.517. The second-order valence-electron chi connectivity index (χ2n) is 6.74. The van der Waals surface area contributed by atoms with Crippen molar-refractivity contribution in [2.75, 3.05) is 0 Å². The van der Waals surface area contributed by atoms with Gasteiger partial charge >= 0.3 is 5.69 Å². The first-order chi connectivity index (χ1) is 14.4. The van der Waals surface area contributed by atoms with Crippen molar-refractivity contribution in [3.8, 4) is 0 Å². The fourth-order valence-corrected chi connectivity index (χ4v) is 4.18. The van der Waals surface area contributed by atoms with E-state index >= 15 is 0 Å². The number of benzene rings is 1. The molecule has 1 aromatic carbocycles. The van der Waals surface area contributed by atoms with Crippen molar-refractivity contribution >= 4 is 33.7 Å². The van der Waals surface area contributed by atoms with Crippen LogP contribution in [-0.4, -0.2) is 19.9 Å². The summed E-state index contributed by atoms with van der Waals surface area (Å²) in [6, 6.07) is 10.6. The third-order valence-electron chi connectivity index (χ3n) is 4.65. The molecule has 0 aliphatic heterocycles. The fraction of sp³-hybridized carbons (Fsp3) is 0.143. The maximum absolute atomic E-state index is 13.0. The minimum absolute atomic E-state index is 0.122. The number of rotatable bonds is 5. The van der Waals surface area contributed by atoms with Crippen LogP contribution in [0.5, 0.6) is 0 Å². The molecule has 0 unspecified atom stereocenters. The van der Waals surface area contributed by atoms with Crippen LogP contribution < -0.4 is 16.6 Å². The Hall–Kier alpha value is -3.23. The number of pyridine rings is 1. The smallest absolute Gasteiger partial charge is 0.336 e. The monoisotopic (exact) mass is 440 g/mol. The van der Waals surface area contributed by atoms with Gasteiger partial charge in [0.25, 0.3) is 11.5 Å². The molecule has 9 heteroatoms. The molecule has 4 rings (SSSR count). The molecule has 0 aliphatic rings. The van der Waals surface area contributed by atoms with Gasteiger partial charge in [0.15, 0.2) is 0 Å². The highest BCUT2D eigenvalue weighted by molar-refractivity contribution is 7.19. The first-order valence-electron chi connectivity index (χ1n) is 9.11. The van der Waals surface area contributed by atoms with Gasteiger partial charge in [0, 0.05) is 35.7 Å². The summed E-state index contributed by atoms with van der Waals surface area (Å²) in [5, 5.41) is 3.39. The Kier molecular flexibility index (Phi) is 5.52. The molecule has 0 bridgehead atoms. The van der Waals surface area contributed by atoms with E-state index in [4.69, 9.17) is 11.6 Å². The Bertz CT molecular complexity index is 1340. The number of thiazole rings is 1. The average molecular weight is 441 g/mol. The Morgan fingerprint density at radius 3 is 2.63 bits per heavy atom. The van der Waals surface area contributed by atoms with E-state index in [2.05, 4.69) is 10.3 Å². The number of aryl methyl sites for hydroxylation is 1. The van der Waals surface area contributed by atoms with Gasteiger partial charge in [-0.25, -0.2) is 4.79 Å². The van der Waals surface area contributed by atoms with E-state index in [0.717, 1.165) is 27.0 Å². The Labute approximate surface area is 180 Å². The Morgan fingerprint density at radius 2 is 1.93 bits per heavy atom. The number of hydrogen-bond donors (Lipinski definition) is 1. The van der Waals surface area contributed by atoms with Crippen LogP contribution in [-0.2, 0) is 13.1 Å². The minimum atomic E-state index is -0.488. The van der Waals surface area contributed by atoms with Gasteiger partial charge in [0.05, 0.1) is 6.54 Å². The molecule has 0 radical (unpaired) electrons. The highest BCUT2D eigenvalue weighted by atomic mass is 35.5. The predicted molar refractivity (Wildman–Crippen MR) is 117 cm³/mol. The third kappa shape index (κ3) is 3.92. The highest BCUT2D eigenvalue weighted by Gasteiger charge is 2.17. The maximum atomic E-state index is 13.0. The van der Waals surface area contributed by atoms with Gasteiger partial charge in [0.1, 0.15) is 9.71 Å². The second-order valence-corrected chi connectivity index (χ2v) is 8.21. The molecule has 0 atom stereocenters. The molecular formula is C21H17ClN4O3S. The molecule has 30 heavy (non-hydrogen) atoms. The summed E-state index contributed by atoms with van der Waals surface area (Å²) in [4.78, 5) is 43.1. The maximum Gasteiger partial charge on any atom is 0.336 e. The Balaban J connectivity index is 1.67. The van der Waals surface area contributed by atoms with E-state index < -0.39 is 5.69 Å². The summed E-state index contributed by atoms with van der Waals surface area (Å²) in [6.07, 6.45) is 4.81. The number of hydrogen-bond acceptors (Lipinski definition) is 5. The number of carbonyl (C=O) groups is 1. The van der Waals surface area contributed by atoms with Crippen LogP contribution >= 0.6 is 22.9 Å². The van der Waals surface area contributed by atoms with Gasteiger partial charge in [0.2, 0.25) is 0 Å². The molecule has 1 N–H and O–H groups in total. The molecule has 4 aromatic rings. The van der Waals surface area contributed by atoms with Crippen molar-refractivity contribution < 1.29 is 4.79 Å². The van der Waals surface area contributed by atoms with Crippen LogP contribution in [0.4, 0.5) is 0 Å². The molecule has 0 saturated carbocycles. The Morgan fingerprint density at radius 1 is 1.17 bits per heavy atom. The summed E-state index contributed by atoms with van der Waals surface area (Å²) in [7, 11) is 0. The molecule has 152 valence electrons. The lowest BCUT2D eigenvalue weighted by molar-refractivity contribution is 0.0954. The van der Waals surface area contributed by atoms with Crippen molar-refractivity contribution in [1.82, 2.24) is 19.3 Å². The van der Waals surface area contributed by atoms with Crippen LogP contribution in [0.1, 0.15) is 26.4 Å². The molecular weight excluding hydrogens is 424 g/mol. The van der Waals surface area contributed by atoms with Crippen LogP contribution in [0.2, 0.25) is 5.02 Å². The topological polar surface area (TPSA) is 85.5 Å². The summed E-state index contributed by atoms with van der Waals surface area (Å²) >= 11 is 7.02. The fourth-order valence-electron chi connectivity index (χ4n) is 3.05. The molecule has 7 nitrogen and oxygen atoms in total. The van der Waals surface area contributed by atoms with Gasteiger partial charge in [-0.2, -0.15) is 0 Å². The normalized spacial score (nSPS) is 11.0. The van der Waals surface area contributed by atoms with Gasteiger partial charge in [-0.1, -0.05) is 29.8 Å². The highest BCUT2D eigenvalue weighted by Crippen LogP contribution is 2.18. The van der Waals surface area contributed by atoms with Crippen molar-refractivity contribution in [3.63, 3.8) is 0 Å². The van der Waals surface area contributed by atoms with Crippen molar-refractivity contribution in [3.05, 3.63) is 102 Å². The molecule has 0 fully saturated rings. The zero-order valence-electron chi connectivity index (χ0n) is 16.0. The number of nitrogens with one attached hydrogen (secondary N) is 1. The molecule has 3 aromatic heterocycles. The van der Waals surface area contributed by atoms with Gasteiger partial charge < -0.3 is 5.32 Å². The van der Waals surface area contributed by atoms with E-state index in [0.29, 0.717) is 26.8 Å². The standard InChI is InChI=1S/C21H17ClN4O3S/c1-13-19(28)25(11-14-4-6-16(22)7-5-14)21(29)26-12-17(30-20(13)26)18(27)24-10-15-3-2-8-23-9-15/h2-9,12H,10-11H2,1H3,(H,24,27). The number of carbonyl (C=O) groups excluding carboxylic acids is 1. The SMILES string of the molecule is Cc1c(=O)n(Cc2ccc(Cl)cc2)c(=O)n2cc(C(=O)NCc3cccnc3)sc12. The molecule has 1 amide bonds. The van der Waals surface area contributed by atoms with E-state index in [1.807, 2.05) is 6.07 Å². The van der Waals surface area contributed by atoms with Crippen LogP contribution in [0.15, 0.2) is 64.6 Å². The van der Waals surface area contributed by atoms with Gasteiger partial charge in [-0.3, -0.25) is 23.5 Å². The van der Waals surface area contributed by atoms with E-state index in [1.54, 1.807) is 49.6 Å². The lowest BCUT2D eigenvalue weighted by Gasteiger charge is -2.07. The van der Waals surface area contributed by atoms with Crippen LogP contribution in [0, 0.1) is 6.92 Å². The largest absolute Gasteiger partial charge is 0.347 e. The molecule has 0 spiro atoms. The zero-order chi connectivity index (χ0) is 21.3. The van der Waals surface area contributed by atoms with Crippen molar-refractivity contribution in [2.45, 2.75) is 20.0 Å². The summed E-state index contributed by atoms with van der Waals surface area (Å²) in [5.74, 6) is -0.317. The number of aromatic nitrogens is 3. The van der Waals surface area contributed by atoms with E-state index in [1.165, 1.54) is 10.6 Å². The van der Waals surface area contributed by atoms with E-state index in [-0.39, 0.29) is 18.0 Å².